The molecule has 10 heteroatoms. The topological polar surface area (TPSA) is 87.2 Å². The standard InChI is InChI=1S/C12H12F3N3O2S.ClH/c13-12(14,15)11-2-1-10(5-8(11)6-16)21(19,20)18-4-3-9(17)7-18;/h1-2,5,9H,3-4,7,17H2;1H/t9-;/m0./s1. The van der Waals surface area contributed by atoms with Crippen molar-refractivity contribution in [3.63, 3.8) is 0 Å². The summed E-state index contributed by atoms with van der Waals surface area (Å²) in [5.74, 6) is 0. The molecule has 0 unspecified atom stereocenters. The van der Waals surface area contributed by atoms with Gasteiger partial charge in [0.25, 0.3) is 0 Å². The first-order valence-corrected chi connectivity index (χ1v) is 7.47. The lowest BCUT2D eigenvalue weighted by Crippen LogP contribution is -2.32. The maximum Gasteiger partial charge on any atom is 0.417 e. The highest BCUT2D eigenvalue weighted by molar-refractivity contribution is 7.89. The highest BCUT2D eigenvalue weighted by Crippen LogP contribution is 2.33. The first kappa shape index (κ1) is 18.7. The molecule has 1 fully saturated rings. The van der Waals surface area contributed by atoms with Crippen LogP contribution in [-0.2, 0) is 16.2 Å². The van der Waals surface area contributed by atoms with E-state index < -0.39 is 27.3 Å². The summed E-state index contributed by atoms with van der Waals surface area (Å²) in [6, 6.07) is 3.33. The number of halogens is 4. The van der Waals surface area contributed by atoms with E-state index in [-0.39, 0.29) is 36.4 Å². The van der Waals surface area contributed by atoms with Crippen LogP contribution in [0.3, 0.4) is 0 Å². The van der Waals surface area contributed by atoms with Gasteiger partial charge in [0.1, 0.15) is 0 Å². The molecule has 0 spiro atoms. The van der Waals surface area contributed by atoms with E-state index in [0.29, 0.717) is 12.5 Å². The molecule has 0 saturated carbocycles. The van der Waals surface area contributed by atoms with Gasteiger partial charge in [-0.05, 0) is 24.6 Å². The van der Waals surface area contributed by atoms with Gasteiger partial charge in [0.05, 0.1) is 22.1 Å². The Bertz CT molecular complexity index is 701. The zero-order chi connectivity index (χ0) is 15.8. The Labute approximate surface area is 132 Å². The third-order valence-electron chi connectivity index (χ3n) is 3.24. The van der Waals surface area contributed by atoms with Crippen LogP contribution in [0, 0.1) is 11.3 Å². The number of rotatable bonds is 2. The summed E-state index contributed by atoms with van der Waals surface area (Å²) in [6.45, 7) is 0.331. The molecule has 22 heavy (non-hydrogen) atoms. The van der Waals surface area contributed by atoms with Crippen molar-refractivity contribution in [2.75, 3.05) is 13.1 Å². The molecule has 1 heterocycles. The van der Waals surface area contributed by atoms with Crippen LogP contribution in [0.1, 0.15) is 17.5 Å². The highest BCUT2D eigenvalue weighted by Gasteiger charge is 2.36. The minimum Gasteiger partial charge on any atom is -0.326 e. The molecule has 1 atom stereocenters. The van der Waals surface area contributed by atoms with Crippen LogP contribution < -0.4 is 5.73 Å². The molecule has 0 bridgehead atoms. The normalized spacial score (nSPS) is 19.5. The molecule has 5 nitrogen and oxygen atoms in total. The number of nitriles is 1. The molecule has 1 aromatic rings. The van der Waals surface area contributed by atoms with Crippen molar-refractivity contribution >= 4 is 22.4 Å². The van der Waals surface area contributed by atoms with Crippen molar-refractivity contribution in [2.24, 2.45) is 5.73 Å². The van der Waals surface area contributed by atoms with Gasteiger partial charge >= 0.3 is 6.18 Å². The molecule has 0 amide bonds. The van der Waals surface area contributed by atoms with E-state index in [1.165, 1.54) is 6.07 Å². The molecule has 2 rings (SSSR count). The number of benzene rings is 1. The largest absolute Gasteiger partial charge is 0.417 e. The third-order valence-corrected chi connectivity index (χ3v) is 5.10. The number of hydrogen-bond acceptors (Lipinski definition) is 4. The SMILES string of the molecule is Cl.N#Cc1cc(S(=O)(=O)N2CC[C@H](N)C2)ccc1C(F)(F)F. The molecular weight excluding hydrogens is 343 g/mol. The molecule has 1 aliphatic rings. The number of sulfonamides is 1. The first-order chi connectivity index (χ1) is 9.66. The fourth-order valence-electron chi connectivity index (χ4n) is 2.14. The maximum absolute atomic E-state index is 12.7. The molecule has 0 radical (unpaired) electrons. The van der Waals surface area contributed by atoms with E-state index in [2.05, 4.69) is 0 Å². The summed E-state index contributed by atoms with van der Waals surface area (Å²) in [7, 11) is -3.93. The van der Waals surface area contributed by atoms with Crippen molar-refractivity contribution in [2.45, 2.75) is 23.5 Å². The van der Waals surface area contributed by atoms with Crippen molar-refractivity contribution in [1.82, 2.24) is 4.31 Å². The second kappa shape index (κ2) is 6.42. The van der Waals surface area contributed by atoms with Crippen molar-refractivity contribution < 1.29 is 21.6 Å². The second-order valence-electron chi connectivity index (χ2n) is 4.73. The lowest BCUT2D eigenvalue weighted by molar-refractivity contribution is -0.137. The molecular formula is C12H13ClF3N3O2S. The smallest absolute Gasteiger partial charge is 0.326 e. The molecule has 0 aromatic heterocycles. The van der Waals surface area contributed by atoms with E-state index in [1.54, 1.807) is 0 Å². The van der Waals surface area contributed by atoms with Crippen molar-refractivity contribution in [3.8, 4) is 6.07 Å². The number of hydrogen-bond donors (Lipinski definition) is 1. The lowest BCUT2D eigenvalue weighted by atomic mass is 10.1. The Morgan fingerprint density at radius 2 is 2.00 bits per heavy atom. The van der Waals surface area contributed by atoms with Crippen LogP contribution in [0.5, 0.6) is 0 Å². The lowest BCUT2D eigenvalue weighted by Gasteiger charge is -2.17. The van der Waals surface area contributed by atoms with E-state index in [9.17, 15) is 21.6 Å². The molecule has 122 valence electrons. The molecule has 1 aromatic carbocycles. The van der Waals surface area contributed by atoms with Crippen LogP contribution >= 0.6 is 12.4 Å². The van der Waals surface area contributed by atoms with Gasteiger partial charge in [0.15, 0.2) is 0 Å². The van der Waals surface area contributed by atoms with E-state index >= 15 is 0 Å². The van der Waals surface area contributed by atoms with Gasteiger partial charge in [-0.15, -0.1) is 12.4 Å². The quantitative estimate of drug-likeness (QED) is 0.875. The second-order valence-corrected chi connectivity index (χ2v) is 6.67. The van der Waals surface area contributed by atoms with Crippen LogP contribution in [0.4, 0.5) is 13.2 Å². The van der Waals surface area contributed by atoms with Gasteiger partial charge in [0, 0.05) is 19.1 Å². The Morgan fingerprint density at radius 3 is 2.45 bits per heavy atom. The number of alkyl halides is 3. The minimum atomic E-state index is -4.71. The molecule has 2 N–H and O–H groups in total. The van der Waals surface area contributed by atoms with Crippen LogP contribution in [0.15, 0.2) is 23.1 Å². The highest BCUT2D eigenvalue weighted by atomic mass is 35.5. The summed E-state index contributed by atoms with van der Waals surface area (Å²) in [4.78, 5) is -0.332. The van der Waals surface area contributed by atoms with Crippen LogP contribution in [0.25, 0.3) is 0 Å². The van der Waals surface area contributed by atoms with Gasteiger partial charge in [0.2, 0.25) is 10.0 Å². The Kier molecular flexibility index (Phi) is 5.46. The predicted octanol–water partition coefficient (Wildman–Crippen LogP) is 1.72. The van der Waals surface area contributed by atoms with Crippen LogP contribution in [-0.4, -0.2) is 31.9 Å². The van der Waals surface area contributed by atoms with Crippen molar-refractivity contribution in [1.29, 1.82) is 5.26 Å². The average molecular weight is 356 g/mol. The summed E-state index contributed by atoms with van der Waals surface area (Å²) < 4.78 is 63.8. The van der Waals surface area contributed by atoms with Gasteiger partial charge in [-0.1, -0.05) is 0 Å². The van der Waals surface area contributed by atoms with Crippen LogP contribution in [0.2, 0.25) is 0 Å². The zero-order valence-electron chi connectivity index (χ0n) is 11.2. The predicted molar refractivity (Wildman–Crippen MR) is 74.8 cm³/mol. The van der Waals surface area contributed by atoms with Gasteiger partial charge in [-0.2, -0.15) is 22.7 Å². The van der Waals surface area contributed by atoms with Gasteiger partial charge in [-0.3, -0.25) is 0 Å². The monoisotopic (exact) mass is 355 g/mol. The summed E-state index contributed by atoms with van der Waals surface area (Å²) in [6.07, 6.45) is -4.21. The third kappa shape index (κ3) is 3.52. The summed E-state index contributed by atoms with van der Waals surface area (Å²) in [5.41, 5.74) is 3.76. The number of nitrogens with zero attached hydrogens (tertiary/aromatic N) is 2. The Morgan fingerprint density at radius 1 is 1.36 bits per heavy atom. The first-order valence-electron chi connectivity index (χ1n) is 6.03. The van der Waals surface area contributed by atoms with Crippen molar-refractivity contribution in [3.05, 3.63) is 29.3 Å². The fraction of sp³-hybridized carbons (Fsp3) is 0.417. The Hall–Kier alpha value is -1.34. The molecule has 0 aliphatic carbocycles. The molecule has 1 aliphatic heterocycles. The molecule has 1 saturated heterocycles. The zero-order valence-corrected chi connectivity index (χ0v) is 12.8. The summed E-state index contributed by atoms with van der Waals surface area (Å²) in [5, 5.41) is 8.80. The van der Waals surface area contributed by atoms with E-state index in [1.807, 2.05) is 0 Å². The van der Waals surface area contributed by atoms with Gasteiger partial charge < -0.3 is 5.73 Å². The Balaban J connectivity index is 0.00000242. The minimum absolute atomic E-state index is 0. The summed E-state index contributed by atoms with van der Waals surface area (Å²) >= 11 is 0. The van der Waals surface area contributed by atoms with Gasteiger partial charge in [-0.25, -0.2) is 8.42 Å². The number of nitrogens with two attached hydrogens (primary N) is 1. The van der Waals surface area contributed by atoms with E-state index in [4.69, 9.17) is 11.0 Å². The maximum atomic E-state index is 12.7. The van der Waals surface area contributed by atoms with E-state index in [0.717, 1.165) is 16.4 Å². The average Bonchev–Trinajstić information content (AvgIpc) is 2.84. The fourth-order valence-corrected chi connectivity index (χ4v) is 3.68.